The first-order valence-corrected chi connectivity index (χ1v) is 5.20. The molecular formula is C12H16FN. The first-order chi connectivity index (χ1) is 6.65. The van der Waals surface area contributed by atoms with Gasteiger partial charge in [0.2, 0.25) is 0 Å². The second-order valence-corrected chi connectivity index (χ2v) is 4.29. The van der Waals surface area contributed by atoms with Gasteiger partial charge in [-0.05, 0) is 30.5 Å². The average molecular weight is 193 g/mol. The minimum Gasteiger partial charge on any atom is -0.325 e. The number of rotatable bonds is 3. The van der Waals surface area contributed by atoms with Crippen LogP contribution in [-0.2, 0) is 0 Å². The molecule has 1 aliphatic rings. The van der Waals surface area contributed by atoms with Crippen LogP contribution in [0.15, 0.2) is 24.3 Å². The maximum atomic E-state index is 12.7. The molecule has 1 nitrogen and oxygen atoms in total. The molecule has 2 unspecified atom stereocenters. The lowest BCUT2D eigenvalue weighted by Crippen LogP contribution is -2.23. The summed E-state index contributed by atoms with van der Waals surface area (Å²) in [6.07, 6.45) is 3.23. The van der Waals surface area contributed by atoms with E-state index >= 15 is 0 Å². The van der Waals surface area contributed by atoms with Crippen molar-refractivity contribution < 1.29 is 4.39 Å². The maximum Gasteiger partial charge on any atom is 0.123 e. The summed E-state index contributed by atoms with van der Waals surface area (Å²) in [6.45, 7) is 2.15. The second-order valence-electron chi connectivity index (χ2n) is 4.29. The number of benzene rings is 1. The van der Waals surface area contributed by atoms with Crippen LogP contribution < -0.4 is 5.73 Å². The summed E-state index contributed by atoms with van der Waals surface area (Å²) in [6, 6.07) is 6.73. The van der Waals surface area contributed by atoms with Crippen LogP contribution in [0.1, 0.15) is 37.7 Å². The monoisotopic (exact) mass is 193 g/mol. The van der Waals surface area contributed by atoms with Crippen molar-refractivity contribution in [2.75, 3.05) is 0 Å². The molecule has 2 rings (SSSR count). The van der Waals surface area contributed by atoms with E-state index in [1.165, 1.54) is 17.7 Å². The van der Waals surface area contributed by atoms with E-state index < -0.39 is 0 Å². The molecule has 0 radical (unpaired) electrons. The third-order valence-electron chi connectivity index (χ3n) is 3.11. The van der Waals surface area contributed by atoms with Gasteiger partial charge >= 0.3 is 0 Å². The fraction of sp³-hybridized carbons (Fsp3) is 0.500. The third-order valence-corrected chi connectivity index (χ3v) is 3.11. The van der Waals surface area contributed by atoms with E-state index in [1.807, 2.05) is 12.1 Å². The first kappa shape index (κ1) is 9.66. The number of hydrogen-bond donors (Lipinski definition) is 1. The van der Waals surface area contributed by atoms with Gasteiger partial charge in [0, 0.05) is 11.5 Å². The SMILES string of the molecule is CCCC1(N)CC1c1ccc(F)cc1. The average Bonchev–Trinajstić information content (AvgIpc) is 2.80. The Kier molecular flexibility index (Phi) is 2.31. The van der Waals surface area contributed by atoms with Crippen LogP contribution in [-0.4, -0.2) is 5.54 Å². The molecule has 0 spiro atoms. The van der Waals surface area contributed by atoms with Crippen LogP contribution >= 0.6 is 0 Å². The molecule has 0 aliphatic heterocycles. The van der Waals surface area contributed by atoms with Crippen LogP contribution in [0.5, 0.6) is 0 Å². The van der Waals surface area contributed by atoms with Gasteiger partial charge in [-0.3, -0.25) is 0 Å². The van der Waals surface area contributed by atoms with Crippen molar-refractivity contribution in [1.29, 1.82) is 0 Å². The Morgan fingerprint density at radius 2 is 2.07 bits per heavy atom. The summed E-state index contributed by atoms with van der Waals surface area (Å²) >= 11 is 0. The summed E-state index contributed by atoms with van der Waals surface area (Å²) in [5.74, 6) is 0.274. The minimum atomic E-state index is -0.174. The zero-order valence-corrected chi connectivity index (χ0v) is 8.46. The summed E-state index contributed by atoms with van der Waals surface area (Å²) in [5, 5.41) is 0. The van der Waals surface area contributed by atoms with Crippen molar-refractivity contribution in [3.63, 3.8) is 0 Å². The number of nitrogens with two attached hydrogens (primary N) is 1. The first-order valence-electron chi connectivity index (χ1n) is 5.20. The highest BCUT2D eigenvalue weighted by molar-refractivity contribution is 5.32. The lowest BCUT2D eigenvalue weighted by molar-refractivity contribution is 0.578. The fourth-order valence-corrected chi connectivity index (χ4v) is 2.21. The molecule has 0 amide bonds. The van der Waals surface area contributed by atoms with E-state index in [9.17, 15) is 4.39 Å². The molecule has 1 aromatic carbocycles. The molecule has 0 heterocycles. The fourth-order valence-electron chi connectivity index (χ4n) is 2.21. The third kappa shape index (κ3) is 1.67. The molecule has 2 heteroatoms. The Labute approximate surface area is 84.1 Å². The van der Waals surface area contributed by atoms with Gasteiger partial charge in [0.1, 0.15) is 5.82 Å². The molecule has 14 heavy (non-hydrogen) atoms. The van der Waals surface area contributed by atoms with Crippen molar-refractivity contribution in [1.82, 2.24) is 0 Å². The topological polar surface area (TPSA) is 26.0 Å². The van der Waals surface area contributed by atoms with Gasteiger partial charge in [-0.25, -0.2) is 4.39 Å². The Balaban J connectivity index is 2.09. The van der Waals surface area contributed by atoms with Gasteiger partial charge in [-0.15, -0.1) is 0 Å². The number of halogens is 1. The second kappa shape index (κ2) is 3.35. The Hall–Kier alpha value is -0.890. The lowest BCUT2D eigenvalue weighted by atomic mass is 10.0. The van der Waals surface area contributed by atoms with Gasteiger partial charge in [0.05, 0.1) is 0 Å². The Morgan fingerprint density at radius 3 is 2.64 bits per heavy atom. The standard InChI is InChI=1S/C12H16FN/c1-2-7-12(14)8-11(12)9-3-5-10(13)6-4-9/h3-6,11H,2,7-8,14H2,1H3. The van der Waals surface area contributed by atoms with Crippen LogP contribution in [0.4, 0.5) is 4.39 Å². The van der Waals surface area contributed by atoms with Crippen molar-refractivity contribution in [3.05, 3.63) is 35.6 Å². The van der Waals surface area contributed by atoms with Gasteiger partial charge < -0.3 is 5.73 Å². The molecule has 1 aliphatic carbocycles. The lowest BCUT2D eigenvalue weighted by Gasteiger charge is -2.09. The van der Waals surface area contributed by atoms with Gasteiger partial charge in [-0.2, -0.15) is 0 Å². The number of hydrogen-bond acceptors (Lipinski definition) is 1. The van der Waals surface area contributed by atoms with E-state index in [4.69, 9.17) is 5.73 Å². The minimum absolute atomic E-state index is 0.00736. The summed E-state index contributed by atoms with van der Waals surface area (Å²) in [4.78, 5) is 0. The summed E-state index contributed by atoms with van der Waals surface area (Å²) in [5.41, 5.74) is 7.35. The molecule has 0 aromatic heterocycles. The normalized spacial score (nSPS) is 30.4. The molecule has 0 saturated heterocycles. The van der Waals surface area contributed by atoms with E-state index in [1.54, 1.807) is 0 Å². The van der Waals surface area contributed by atoms with Crippen molar-refractivity contribution >= 4 is 0 Å². The summed E-state index contributed by atoms with van der Waals surface area (Å²) in [7, 11) is 0. The largest absolute Gasteiger partial charge is 0.325 e. The smallest absolute Gasteiger partial charge is 0.123 e. The maximum absolute atomic E-state index is 12.7. The molecule has 1 fully saturated rings. The van der Waals surface area contributed by atoms with Crippen LogP contribution in [0.3, 0.4) is 0 Å². The van der Waals surface area contributed by atoms with Crippen LogP contribution in [0, 0.1) is 5.82 Å². The zero-order chi connectivity index (χ0) is 10.2. The summed E-state index contributed by atoms with van der Waals surface area (Å²) < 4.78 is 12.7. The highest BCUT2D eigenvalue weighted by atomic mass is 19.1. The molecule has 2 N–H and O–H groups in total. The molecular weight excluding hydrogens is 177 g/mol. The van der Waals surface area contributed by atoms with Crippen molar-refractivity contribution in [2.24, 2.45) is 5.73 Å². The molecule has 2 atom stereocenters. The van der Waals surface area contributed by atoms with Gasteiger partial charge in [-0.1, -0.05) is 25.5 Å². The van der Waals surface area contributed by atoms with E-state index in [0.717, 1.165) is 19.3 Å². The highest BCUT2D eigenvalue weighted by Gasteiger charge is 2.50. The van der Waals surface area contributed by atoms with Crippen LogP contribution in [0.2, 0.25) is 0 Å². The molecule has 1 aromatic rings. The van der Waals surface area contributed by atoms with Gasteiger partial charge in [0.25, 0.3) is 0 Å². The molecule has 0 bridgehead atoms. The van der Waals surface area contributed by atoms with E-state index in [0.29, 0.717) is 5.92 Å². The quantitative estimate of drug-likeness (QED) is 0.784. The Morgan fingerprint density at radius 1 is 1.43 bits per heavy atom. The Bertz CT molecular complexity index is 320. The van der Waals surface area contributed by atoms with E-state index in [2.05, 4.69) is 6.92 Å². The van der Waals surface area contributed by atoms with E-state index in [-0.39, 0.29) is 11.4 Å². The highest BCUT2D eigenvalue weighted by Crippen LogP contribution is 2.51. The van der Waals surface area contributed by atoms with Crippen LogP contribution in [0.25, 0.3) is 0 Å². The molecule has 1 saturated carbocycles. The zero-order valence-electron chi connectivity index (χ0n) is 8.46. The predicted octanol–water partition coefficient (Wildman–Crippen LogP) is 2.81. The predicted molar refractivity (Wildman–Crippen MR) is 55.6 cm³/mol. The molecule has 76 valence electrons. The van der Waals surface area contributed by atoms with Gasteiger partial charge in [0.15, 0.2) is 0 Å². The van der Waals surface area contributed by atoms with Crippen molar-refractivity contribution in [3.8, 4) is 0 Å². The van der Waals surface area contributed by atoms with Crippen molar-refractivity contribution in [2.45, 2.75) is 37.6 Å².